The second-order valence-electron chi connectivity index (χ2n) is 5.51. The van der Waals surface area contributed by atoms with Crippen molar-refractivity contribution in [1.29, 1.82) is 0 Å². The lowest BCUT2D eigenvalue weighted by molar-refractivity contribution is -0.137. The van der Waals surface area contributed by atoms with Crippen molar-refractivity contribution in [3.63, 3.8) is 0 Å². The molecule has 1 fully saturated rings. The fraction of sp³-hybridized carbons (Fsp3) is 0.562. The van der Waals surface area contributed by atoms with E-state index in [0.717, 1.165) is 25.9 Å². The van der Waals surface area contributed by atoms with Gasteiger partial charge in [-0.25, -0.2) is 0 Å². The van der Waals surface area contributed by atoms with Gasteiger partial charge < -0.3 is 10.0 Å². The summed E-state index contributed by atoms with van der Waals surface area (Å²) in [4.78, 5) is 13.0. The predicted octanol–water partition coefficient (Wildman–Crippen LogP) is 2.80. The number of benzene rings is 1. The van der Waals surface area contributed by atoms with Crippen molar-refractivity contribution in [3.8, 4) is 0 Å². The highest BCUT2D eigenvalue weighted by Crippen LogP contribution is 2.27. The molecule has 0 amide bonds. The lowest BCUT2D eigenvalue weighted by atomic mass is 9.93. The number of carboxylic acids is 1. The topological polar surface area (TPSA) is 40.5 Å². The van der Waals surface area contributed by atoms with E-state index in [1.54, 1.807) is 0 Å². The van der Waals surface area contributed by atoms with E-state index in [1.165, 1.54) is 12.0 Å². The van der Waals surface area contributed by atoms with E-state index in [9.17, 15) is 4.79 Å². The Hall–Kier alpha value is -1.35. The molecular weight excluding hydrogens is 238 g/mol. The third-order valence-corrected chi connectivity index (χ3v) is 4.22. The minimum atomic E-state index is -0.687. The molecule has 1 saturated heterocycles. The Morgan fingerprint density at radius 1 is 1.37 bits per heavy atom. The van der Waals surface area contributed by atoms with Gasteiger partial charge >= 0.3 is 5.97 Å². The van der Waals surface area contributed by atoms with Gasteiger partial charge in [-0.05, 0) is 50.8 Å². The van der Waals surface area contributed by atoms with E-state index >= 15 is 0 Å². The van der Waals surface area contributed by atoms with Gasteiger partial charge in [-0.3, -0.25) is 4.79 Å². The maximum atomic E-state index is 10.5. The number of carbonyl (C=O) groups is 1. The molecule has 1 aliphatic heterocycles. The Morgan fingerprint density at radius 3 is 2.79 bits per heavy atom. The molecule has 1 heterocycles. The molecule has 0 aliphatic carbocycles. The van der Waals surface area contributed by atoms with Crippen LogP contribution in [0.1, 0.15) is 31.7 Å². The minimum absolute atomic E-state index is 0.284. The molecule has 0 unspecified atom stereocenters. The number of hydrogen-bond acceptors (Lipinski definition) is 2. The van der Waals surface area contributed by atoms with Crippen LogP contribution in [-0.2, 0) is 11.2 Å². The maximum Gasteiger partial charge on any atom is 0.303 e. The third-order valence-electron chi connectivity index (χ3n) is 4.22. The predicted molar refractivity (Wildman–Crippen MR) is 76.2 cm³/mol. The van der Waals surface area contributed by atoms with Crippen LogP contribution < -0.4 is 0 Å². The molecular formula is C16H23NO2. The first-order valence-corrected chi connectivity index (χ1v) is 7.16. The van der Waals surface area contributed by atoms with Crippen molar-refractivity contribution in [3.05, 3.63) is 35.9 Å². The molecule has 1 aliphatic rings. The van der Waals surface area contributed by atoms with Crippen LogP contribution in [0.4, 0.5) is 0 Å². The summed E-state index contributed by atoms with van der Waals surface area (Å²) in [6.45, 7) is 4.30. The Kier molecular flexibility index (Phi) is 4.97. The van der Waals surface area contributed by atoms with E-state index in [1.807, 2.05) is 0 Å². The number of nitrogens with zero attached hydrogens (tertiary/aromatic N) is 1. The fourth-order valence-corrected chi connectivity index (χ4v) is 3.01. The van der Waals surface area contributed by atoms with Crippen LogP contribution in [0.5, 0.6) is 0 Å². The summed E-state index contributed by atoms with van der Waals surface area (Å²) in [5, 5.41) is 8.68. The second kappa shape index (κ2) is 6.71. The van der Waals surface area contributed by atoms with Gasteiger partial charge in [0.05, 0.1) is 0 Å². The first-order valence-electron chi connectivity index (χ1n) is 7.16. The van der Waals surface area contributed by atoms with Gasteiger partial charge in [0.2, 0.25) is 0 Å². The highest BCUT2D eigenvalue weighted by atomic mass is 16.4. The molecule has 104 valence electrons. The van der Waals surface area contributed by atoms with Crippen LogP contribution in [0.3, 0.4) is 0 Å². The molecule has 1 aromatic rings. The number of hydrogen-bond donors (Lipinski definition) is 1. The lowest BCUT2D eigenvalue weighted by Crippen LogP contribution is -2.31. The van der Waals surface area contributed by atoms with Crippen LogP contribution in [-0.4, -0.2) is 35.1 Å². The van der Waals surface area contributed by atoms with E-state index in [-0.39, 0.29) is 6.42 Å². The first kappa shape index (κ1) is 14.1. The Bertz CT molecular complexity index is 404. The summed E-state index contributed by atoms with van der Waals surface area (Å²) in [5.41, 5.74) is 1.41. The summed E-state index contributed by atoms with van der Waals surface area (Å²) < 4.78 is 0. The van der Waals surface area contributed by atoms with Crippen molar-refractivity contribution in [1.82, 2.24) is 4.90 Å². The van der Waals surface area contributed by atoms with Gasteiger partial charge in [0.25, 0.3) is 0 Å². The largest absolute Gasteiger partial charge is 0.481 e. The Morgan fingerprint density at radius 2 is 2.11 bits per heavy atom. The minimum Gasteiger partial charge on any atom is -0.481 e. The zero-order valence-corrected chi connectivity index (χ0v) is 11.6. The molecule has 0 saturated carbocycles. The molecule has 1 aromatic carbocycles. The van der Waals surface area contributed by atoms with E-state index in [4.69, 9.17) is 5.11 Å². The Balaban J connectivity index is 1.80. The molecule has 19 heavy (non-hydrogen) atoms. The van der Waals surface area contributed by atoms with E-state index < -0.39 is 5.97 Å². The molecule has 0 radical (unpaired) electrons. The number of aliphatic carboxylic acids is 1. The quantitative estimate of drug-likeness (QED) is 0.856. The highest BCUT2D eigenvalue weighted by molar-refractivity contribution is 5.66. The molecule has 2 rings (SSSR count). The Labute approximate surface area is 115 Å². The molecule has 0 bridgehead atoms. The van der Waals surface area contributed by atoms with Gasteiger partial charge in [-0.1, -0.05) is 30.3 Å². The molecule has 2 atom stereocenters. The standard InChI is InChI=1S/C16H23NO2/c1-13-15(12-14-6-3-2-4-7-14)9-11-17(13)10-5-8-16(18)19/h2-4,6-7,13,15H,5,8-12H2,1H3,(H,18,19)/t13-,15+/m0/s1. The molecule has 1 N–H and O–H groups in total. The van der Waals surface area contributed by atoms with Crippen molar-refractivity contribution in [2.75, 3.05) is 13.1 Å². The summed E-state index contributed by atoms with van der Waals surface area (Å²) in [6, 6.07) is 11.2. The van der Waals surface area contributed by atoms with E-state index in [2.05, 4.69) is 42.2 Å². The van der Waals surface area contributed by atoms with Crippen LogP contribution in [0.25, 0.3) is 0 Å². The zero-order valence-electron chi connectivity index (χ0n) is 11.6. The number of carboxylic acid groups (broad SMARTS) is 1. The summed E-state index contributed by atoms with van der Waals surface area (Å²) in [5.74, 6) is 0.0138. The third kappa shape index (κ3) is 4.06. The number of rotatable bonds is 6. The zero-order chi connectivity index (χ0) is 13.7. The average molecular weight is 261 g/mol. The first-order chi connectivity index (χ1) is 9.16. The van der Waals surface area contributed by atoms with E-state index in [0.29, 0.717) is 12.0 Å². The molecule has 3 heteroatoms. The van der Waals surface area contributed by atoms with Crippen molar-refractivity contribution in [2.24, 2.45) is 5.92 Å². The van der Waals surface area contributed by atoms with Gasteiger partial charge in [0, 0.05) is 12.5 Å². The van der Waals surface area contributed by atoms with Gasteiger partial charge in [0.15, 0.2) is 0 Å². The molecule has 3 nitrogen and oxygen atoms in total. The van der Waals surface area contributed by atoms with Gasteiger partial charge in [-0.15, -0.1) is 0 Å². The van der Waals surface area contributed by atoms with Gasteiger partial charge in [-0.2, -0.15) is 0 Å². The summed E-state index contributed by atoms with van der Waals surface area (Å²) >= 11 is 0. The second-order valence-corrected chi connectivity index (χ2v) is 5.51. The SMILES string of the molecule is C[C@H]1[C@@H](Cc2ccccc2)CCN1CCCC(=O)O. The van der Waals surface area contributed by atoms with Crippen molar-refractivity contribution < 1.29 is 9.90 Å². The highest BCUT2D eigenvalue weighted by Gasteiger charge is 2.30. The normalized spacial score (nSPS) is 23.6. The smallest absolute Gasteiger partial charge is 0.303 e. The lowest BCUT2D eigenvalue weighted by Gasteiger charge is -2.24. The maximum absolute atomic E-state index is 10.5. The van der Waals surface area contributed by atoms with Crippen LogP contribution in [0.15, 0.2) is 30.3 Å². The van der Waals surface area contributed by atoms with Crippen LogP contribution in [0, 0.1) is 5.92 Å². The molecule has 0 spiro atoms. The van der Waals surface area contributed by atoms with Crippen LogP contribution in [0.2, 0.25) is 0 Å². The molecule has 0 aromatic heterocycles. The van der Waals surface area contributed by atoms with Gasteiger partial charge in [0.1, 0.15) is 0 Å². The summed E-state index contributed by atoms with van der Waals surface area (Å²) in [7, 11) is 0. The van der Waals surface area contributed by atoms with Crippen LogP contribution >= 0.6 is 0 Å². The average Bonchev–Trinajstić information content (AvgIpc) is 2.72. The summed E-state index contributed by atoms with van der Waals surface area (Å²) in [6.07, 6.45) is 3.41. The van der Waals surface area contributed by atoms with Crippen molar-refractivity contribution in [2.45, 2.75) is 38.6 Å². The number of likely N-dealkylation sites (tertiary alicyclic amines) is 1. The fourth-order valence-electron chi connectivity index (χ4n) is 3.01. The van der Waals surface area contributed by atoms with Crippen molar-refractivity contribution >= 4 is 5.97 Å². The monoisotopic (exact) mass is 261 g/mol.